The lowest BCUT2D eigenvalue weighted by Gasteiger charge is -2.38. The number of nitrogen functional groups attached to an aromatic ring is 1. The predicted octanol–water partition coefficient (Wildman–Crippen LogP) is 2.67. The van der Waals surface area contributed by atoms with Gasteiger partial charge in [-0.05, 0) is 43.9 Å². The van der Waals surface area contributed by atoms with E-state index in [2.05, 4.69) is 13.8 Å². The van der Waals surface area contributed by atoms with E-state index in [1.54, 1.807) is 6.07 Å². The molecule has 2 N–H and O–H groups in total. The zero-order valence-corrected chi connectivity index (χ0v) is 10.8. The first kappa shape index (κ1) is 12.9. The fraction of sp³-hybridized carbons (Fsp3) is 0.500. The van der Waals surface area contributed by atoms with Crippen LogP contribution in [0.4, 0.5) is 10.1 Å². The van der Waals surface area contributed by atoms with E-state index in [9.17, 15) is 9.18 Å². The Labute approximate surface area is 107 Å². The smallest absolute Gasteiger partial charge is 0.254 e. The molecule has 1 fully saturated rings. The Morgan fingerprint density at radius 3 is 2.83 bits per heavy atom. The summed E-state index contributed by atoms with van der Waals surface area (Å²) in [5.74, 6) is -0.146. The Balaban J connectivity index is 2.22. The van der Waals surface area contributed by atoms with Crippen LogP contribution < -0.4 is 5.73 Å². The summed E-state index contributed by atoms with van der Waals surface area (Å²) in [6.45, 7) is 4.94. The van der Waals surface area contributed by atoms with Crippen LogP contribution in [0.3, 0.4) is 0 Å². The molecule has 1 aromatic rings. The highest BCUT2D eigenvalue weighted by atomic mass is 19.1. The molecule has 1 aromatic carbocycles. The van der Waals surface area contributed by atoms with Crippen LogP contribution in [0, 0.1) is 11.7 Å². The van der Waals surface area contributed by atoms with Gasteiger partial charge in [0, 0.05) is 18.2 Å². The molecule has 0 spiro atoms. The fourth-order valence-corrected chi connectivity index (χ4v) is 2.45. The first-order valence-electron chi connectivity index (χ1n) is 6.36. The maximum Gasteiger partial charge on any atom is 0.254 e. The van der Waals surface area contributed by atoms with Crippen molar-refractivity contribution in [1.29, 1.82) is 0 Å². The van der Waals surface area contributed by atoms with Crippen molar-refractivity contribution in [2.45, 2.75) is 32.7 Å². The molecule has 0 radical (unpaired) electrons. The van der Waals surface area contributed by atoms with E-state index in [4.69, 9.17) is 5.73 Å². The molecule has 1 heterocycles. The molecular weight excluding hydrogens is 231 g/mol. The number of rotatable bonds is 1. The summed E-state index contributed by atoms with van der Waals surface area (Å²) in [6, 6.07) is 4.46. The van der Waals surface area contributed by atoms with Crippen molar-refractivity contribution >= 4 is 11.6 Å². The predicted molar refractivity (Wildman–Crippen MR) is 69.7 cm³/mol. The number of piperidine rings is 1. The summed E-state index contributed by atoms with van der Waals surface area (Å²) in [7, 11) is 0. The van der Waals surface area contributed by atoms with Crippen molar-refractivity contribution in [3.05, 3.63) is 29.6 Å². The van der Waals surface area contributed by atoms with E-state index in [0.29, 0.717) is 11.5 Å². The second-order valence-corrected chi connectivity index (χ2v) is 5.09. The van der Waals surface area contributed by atoms with Crippen LogP contribution in [0.1, 0.15) is 37.0 Å². The van der Waals surface area contributed by atoms with E-state index in [-0.39, 0.29) is 17.6 Å². The number of hydrogen-bond donors (Lipinski definition) is 1. The Morgan fingerprint density at radius 1 is 1.44 bits per heavy atom. The standard InChI is InChI=1S/C14H19FN2O/c1-9-4-3-7-17(10(9)2)14(18)11-5-6-13(16)12(15)8-11/h5-6,8-10H,3-4,7,16H2,1-2H3. The van der Waals surface area contributed by atoms with Crippen molar-refractivity contribution in [3.8, 4) is 0 Å². The molecule has 0 saturated carbocycles. The minimum atomic E-state index is -0.529. The number of amides is 1. The van der Waals surface area contributed by atoms with Crippen LogP contribution in [0.5, 0.6) is 0 Å². The van der Waals surface area contributed by atoms with Crippen LogP contribution in [0.15, 0.2) is 18.2 Å². The third-order valence-electron chi connectivity index (χ3n) is 3.88. The van der Waals surface area contributed by atoms with Crippen molar-refractivity contribution in [2.75, 3.05) is 12.3 Å². The number of likely N-dealkylation sites (tertiary alicyclic amines) is 1. The molecule has 0 aliphatic carbocycles. The van der Waals surface area contributed by atoms with Gasteiger partial charge in [-0.2, -0.15) is 0 Å². The molecule has 18 heavy (non-hydrogen) atoms. The molecule has 4 heteroatoms. The Hall–Kier alpha value is -1.58. The molecule has 2 rings (SSSR count). The van der Waals surface area contributed by atoms with Crippen LogP contribution in [-0.2, 0) is 0 Å². The SMILES string of the molecule is CC1CCCN(C(=O)c2ccc(N)c(F)c2)C1C. The van der Waals surface area contributed by atoms with Crippen molar-refractivity contribution in [2.24, 2.45) is 5.92 Å². The monoisotopic (exact) mass is 250 g/mol. The topological polar surface area (TPSA) is 46.3 Å². The molecule has 0 aromatic heterocycles. The van der Waals surface area contributed by atoms with E-state index >= 15 is 0 Å². The molecule has 1 saturated heterocycles. The number of benzene rings is 1. The number of halogens is 1. The summed E-state index contributed by atoms with van der Waals surface area (Å²) < 4.78 is 13.4. The summed E-state index contributed by atoms with van der Waals surface area (Å²) in [4.78, 5) is 14.2. The lowest BCUT2D eigenvalue weighted by atomic mass is 9.91. The van der Waals surface area contributed by atoms with Gasteiger partial charge in [-0.3, -0.25) is 4.79 Å². The van der Waals surface area contributed by atoms with Crippen molar-refractivity contribution < 1.29 is 9.18 Å². The second kappa shape index (κ2) is 4.96. The fourth-order valence-electron chi connectivity index (χ4n) is 2.45. The van der Waals surface area contributed by atoms with Gasteiger partial charge < -0.3 is 10.6 Å². The molecule has 0 bridgehead atoms. The maximum atomic E-state index is 13.4. The van der Waals surface area contributed by atoms with E-state index in [1.165, 1.54) is 12.1 Å². The lowest BCUT2D eigenvalue weighted by Crippen LogP contribution is -2.46. The number of nitrogens with zero attached hydrogens (tertiary/aromatic N) is 1. The average molecular weight is 250 g/mol. The third kappa shape index (κ3) is 2.33. The largest absolute Gasteiger partial charge is 0.396 e. The van der Waals surface area contributed by atoms with Crippen molar-refractivity contribution in [1.82, 2.24) is 4.90 Å². The van der Waals surface area contributed by atoms with Gasteiger partial charge in [0.2, 0.25) is 0 Å². The molecule has 1 aliphatic heterocycles. The highest BCUT2D eigenvalue weighted by Gasteiger charge is 2.29. The van der Waals surface area contributed by atoms with Crippen LogP contribution in [0.25, 0.3) is 0 Å². The molecular formula is C14H19FN2O. The van der Waals surface area contributed by atoms with Gasteiger partial charge in [0.1, 0.15) is 5.82 Å². The van der Waals surface area contributed by atoms with Gasteiger partial charge in [-0.25, -0.2) is 4.39 Å². The molecule has 98 valence electrons. The third-order valence-corrected chi connectivity index (χ3v) is 3.88. The molecule has 2 atom stereocenters. The minimum absolute atomic E-state index is 0.0756. The first-order chi connectivity index (χ1) is 8.50. The highest BCUT2D eigenvalue weighted by molar-refractivity contribution is 5.94. The van der Waals surface area contributed by atoms with Gasteiger partial charge in [-0.15, -0.1) is 0 Å². The van der Waals surface area contributed by atoms with Gasteiger partial charge in [-0.1, -0.05) is 6.92 Å². The van der Waals surface area contributed by atoms with Crippen LogP contribution in [-0.4, -0.2) is 23.4 Å². The van der Waals surface area contributed by atoms with Gasteiger partial charge in [0.05, 0.1) is 5.69 Å². The Bertz CT molecular complexity index is 461. The number of nitrogens with two attached hydrogens (primary N) is 1. The summed E-state index contributed by atoms with van der Waals surface area (Å²) >= 11 is 0. The maximum absolute atomic E-state index is 13.4. The molecule has 2 unspecified atom stereocenters. The van der Waals surface area contributed by atoms with E-state index in [1.807, 2.05) is 4.90 Å². The number of carbonyl (C=O) groups is 1. The molecule has 1 amide bonds. The average Bonchev–Trinajstić information content (AvgIpc) is 2.35. The minimum Gasteiger partial charge on any atom is -0.396 e. The number of carbonyl (C=O) groups excluding carboxylic acids is 1. The van der Waals surface area contributed by atoms with Crippen LogP contribution >= 0.6 is 0 Å². The summed E-state index contributed by atoms with van der Waals surface area (Å²) in [5.41, 5.74) is 5.87. The van der Waals surface area contributed by atoms with Gasteiger partial charge in [0.25, 0.3) is 5.91 Å². The van der Waals surface area contributed by atoms with E-state index < -0.39 is 5.82 Å². The van der Waals surface area contributed by atoms with Gasteiger partial charge >= 0.3 is 0 Å². The number of anilines is 1. The van der Waals surface area contributed by atoms with E-state index in [0.717, 1.165) is 19.4 Å². The van der Waals surface area contributed by atoms with Gasteiger partial charge in [0.15, 0.2) is 0 Å². The normalized spacial score (nSPS) is 24.1. The molecule has 3 nitrogen and oxygen atoms in total. The quantitative estimate of drug-likeness (QED) is 0.779. The zero-order valence-electron chi connectivity index (χ0n) is 10.8. The highest BCUT2D eigenvalue weighted by Crippen LogP contribution is 2.25. The summed E-state index contributed by atoms with van der Waals surface area (Å²) in [5, 5.41) is 0. The van der Waals surface area contributed by atoms with Crippen molar-refractivity contribution in [3.63, 3.8) is 0 Å². The Morgan fingerprint density at radius 2 is 2.17 bits per heavy atom. The lowest BCUT2D eigenvalue weighted by molar-refractivity contribution is 0.0550. The molecule has 1 aliphatic rings. The number of hydrogen-bond acceptors (Lipinski definition) is 2. The zero-order chi connectivity index (χ0) is 13.3. The summed E-state index contributed by atoms with van der Waals surface area (Å²) in [6.07, 6.45) is 2.15. The van der Waals surface area contributed by atoms with Crippen LogP contribution in [0.2, 0.25) is 0 Å². The first-order valence-corrected chi connectivity index (χ1v) is 6.36. The second-order valence-electron chi connectivity index (χ2n) is 5.09. The Kier molecular flexibility index (Phi) is 3.55.